The highest BCUT2D eigenvalue weighted by Gasteiger charge is 2.27. The molecule has 0 bridgehead atoms. The number of hydrogen-bond acceptors (Lipinski definition) is 9. The van der Waals surface area contributed by atoms with Crippen LogP contribution >= 0.6 is 0 Å². The van der Waals surface area contributed by atoms with Crippen LogP contribution in [-0.2, 0) is 17.6 Å². The van der Waals surface area contributed by atoms with E-state index in [9.17, 15) is 4.79 Å². The SMILES string of the molecule is COc1ccc(NC(=O)[C@@H](C)N(C)c2nc(-c3cc(OCCO)ccn3)nc3c2CCC3)cn1. The maximum atomic E-state index is 13.0. The number of methoxy groups -OCH3 is 1. The first-order chi connectivity index (χ1) is 16.5. The van der Waals surface area contributed by atoms with Crippen LogP contribution in [0.3, 0.4) is 0 Å². The van der Waals surface area contributed by atoms with Crippen molar-refractivity contribution in [2.45, 2.75) is 32.2 Å². The normalized spacial score (nSPS) is 13.2. The summed E-state index contributed by atoms with van der Waals surface area (Å²) in [5, 5.41) is 11.9. The second kappa shape index (κ2) is 10.4. The van der Waals surface area contributed by atoms with Crippen molar-refractivity contribution < 1.29 is 19.4 Å². The number of aryl methyl sites for hydroxylation is 1. The van der Waals surface area contributed by atoms with E-state index in [1.54, 1.807) is 43.8 Å². The fraction of sp³-hybridized carbons (Fsp3) is 0.375. The smallest absolute Gasteiger partial charge is 0.246 e. The molecule has 2 N–H and O–H groups in total. The molecule has 178 valence electrons. The Morgan fingerprint density at radius 2 is 2.09 bits per heavy atom. The van der Waals surface area contributed by atoms with E-state index in [1.165, 1.54) is 0 Å². The molecule has 4 rings (SSSR count). The van der Waals surface area contributed by atoms with Crippen LogP contribution in [0.1, 0.15) is 24.6 Å². The summed E-state index contributed by atoms with van der Waals surface area (Å²) in [7, 11) is 3.40. The molecule has 0 aliphatic heterocycles. The summed E-state index contributed by atoms with van der Waals surface area (Å²) in [5.74, 6) is 2.07. The number of ether oxygens (including phenoxy) is 2. The molecule has 34 heavy (non-hydrogen) atoms. The highest BCUT2D eigenvalue weighted by molar-refractivity contribution is 5.96. The number of anilines is 2. The van der Waals surface area contributed by atoms with Crippen molar-refractivity contribution in [1.82, 2.24) is 19.9 Å². The summed E-state index contributed by atoms with van der Waals surface area (Å²) in [6.45, 7) is 1.95. The number of nitrogens with one attached hydrogen (secondary N) is 1. The first kappa shape index (κ1) is 23.4. The van der Waals surface area contributed by atoms with E-state index in [2.05, 4.69) is 15.3 Å². The maximum Gasteiger partial charge on any atom is 0.246 e. The predicted molar refractivity (Wildman–Crippen MR) is 127 cm³/mol. The summed E-state index contributed by atoms with van der Waals surface area (Å²) in [6.07, 6.45) is 5.88. The minimum absolute atomic E-state index is 0.0749. The minimum atomic E-state index is -0.498. The Balaban J connectivity index is 1.59. The molecular weight excluding hydrogens is 436 g/mol. The Labute approximate surface area is 198 Å². The molecule has 10 nitrogen and oxygen atoms in total. The number of likely N-dealkylation sites (N-methyl/N-ethyl adjacent to an activating group) is 1. The van der Waals surface area contributed by atoms with E-state index < -0.39 is 6.04 Å². The van der Waals surface area contributed by atoms with Gasteiger partial charge >= 0.3 is 0 Å². The van der Waals surface area contributed by atoms with E-state index in [-0.39, 0.29) is 19.1 Å². The predicted octanol–water partition coefficient (Wildman–Crippen LogP) is 2.27. The Morgan fingerprint density at radius 3 is 2.82 bits per heavy atom. The zero-order valence-electron chi connectivity index (χ0n) is 19.5. The monoisotopic (exact) mass is 464 g/mol. The van der Waals surface area contributed by atoms with E-state index >= 15 is 0 Å². The second-order valence-electron chi connectivity index (χ2n) is 7.96. The van der Waals surface area contributed by atoms with Crippen molar-refractivity contribution in [2.24, 2.45) is 0 Å². The number of aliphatic hydroxyl groups excluding tert-OH is 1. The van der Waals surface area contributed by atoms with Gasteiger partial charge < -0.3 is 24.8 Å². The highest BCUT2D eigenvalue weighted by Crippen LogP contribution is 2.32. The molecule has 0 saturated carbocycles. The number of rotatable bonds is 9. The van der Waals surface area contributed by atoms with Gasteiger partial charge in [-0.3, -0.25) is 9.78 Å². The Hall–Kier alpha value is -3.79. The maximum absolute atomic E-state index is 13.0. The summed E-state index contributed by atoms with van der Waals surface area (Å²) < 4.78 is 10.6. The van der Waals surface area contributed by atoms with Crippen molar-refractivity contribution in [3.05, 3.63) is 47.9 Å². The Morgan fingerprint density at radius 1 is 1.24 bits per heavy atom. The molecule has 1 aliphatic carbocycles. The van der Waals surface area contributed by atoms with Gasteiger partial charge in [0.05, 0.1) is 25.6 Å². The van der Waals surface area contributed by atoms with Gasteiger partial charge in [0.2, 0.25) is 11.8 Å². The number of aromatic nitrogens is 4. The summed E-state index contributed by atoms with van der Waals surface area (Å²) >= 11 is 0. The number of aliphatic hydroxyl groups is 1. The minimum Gasteiger partial charge on any atom is -0.491 e. The quantitative estimate of drug-likeness (QED) is 0.491. The number of amides is 1. The lowest BCUT2D eigenvalue weighted by Crippen LogP contribution is -2.40. The van der Waals surface area contributed by atoms with Crippen molar-refractivity contribution >= 4 is 17.4 Å². The van der Waals surface area contributed by atoms with Crippen LogP contribution in [0.25, 0.3) is 11.5 Å². The largest absolute Gasteiger partial charge is 0.491 e. The van der Waals surface area contributed by atoms with Gasteiger partial charge in [-0.1, -0.05) is 0 Å². The summed E-state index contributed by atoms with van der Waals surface area (Å²) in [6, 6.07) is 6.41. The number of nitrogens with zero attached hydrogens (tertiary/aromatic N) is 5. The number of hydrogen-bond donors (Lipinski definition) is 2. The lowest BCUT2D eigenvalue weighted by molar-refractivity contribution is -0.117. The van der Waals surface area contributed by atoms with E-state index in [0.29, 0.717) is 28.8 Å². The van der Waals surface area contributed by atoms with Gasteiger partial charge in [0.1, 0.15) is 29.9 Å². The molecule has 0 aromatic carbocycles. The highest BCUT2D eigenvalue weighted by atomic mass is 16.5. The third kappa shape index (κ3) is 5.07. The summed E-state index contributed by atoms with van der Waals surface area (Å²) in [5.41, 5.74) is 3.19. The van der Waals surface area contributed by atoms with Gasteiger partial charge in [-0.25, -0.2) is 15.0 Å². The fourth-order valence-electron chi connectivity index (χ4n) is 3.79. The van der Waals surface area contributed by atoms with E-state index in [4.69, 9.17) is 24.5 Å². The first-order valence-corrected chi connectivity index (χ1v) is 11.1. The molecule has 1 aliphatic rings. The molecule has 0 radical (unpaired) electrons. The van der Waals surface area contributed by atoms with Crippen LogP contribution < -0.4 is 19.7 Å². The van der Waals surface area contributed by atoms with Crippen molar-refractivity contribution in [1.29, 1.82) is 0 Å². The first-order valence-electron chi connectivity index (χ1n) is 11.1. The molecule has 0 saturated heterocycles. The topological polar surface area (TPSA) is 123 Å². The van der Waals surface area contributed by atoms with Gasteiger partial charge in [0.15, 0.2) is 5.82 Å². The fourth-order valence-corrected chi connectivity index (χ4v) is 3.79. The molecule has 0 unspecified atom stereocenters. The van der Waals surface area contributed by atoms with Gasteiger partial charge in [-0.15, -0.1) is 0 Å². The lowest BCUT2D eigenvalue weighted by Gasteiger charge is -2.27. The average Bonchev–Trinajstić information content (AvgIpc) is 3.35. The second-order valence-corrected chi connectivity index (χ2v) is 7.96. The molecule has 0 spiro atoms. The number of carbonyl (C=O) groups is 1. The van der Waals surface area contributed by atoms with Crippen molar-refractivity contribution in [3.63, 3.8) is 0 Å². The van der Waals surface area contributed by atoms with Crippen LogP contribution in [0.4, 0.5) is 11.5 Å². The molecule has 1 amide bonds. The van der Waals surface area contributed by atoms with Crippen molar-refractivity contribution in [3.8, 4) is 23.1 Å². The molecule has 0 fully saturated rings. The molecule has 1 atom stereocenters. The third-order valence-corrected chi connectivity index (χ3v) is 5.74. The lowest BCUT2D eigenvalue weighted by atomic mass is 10.2. The summed E-state index contributed by atoms with van der Waals surface area (Å²) in [4.78, 5) is 32.9. The molecule has 3 aromatic rings. The molecular formula is C24H28N6O4. The standard InChI is InChI=1S/C24H28N6O4/c1-15(24(32)27-16-7-8-21(33-3)26-14-16)30(2)23-18-5-4-6-19(18)28-22(29-23)20-13-17(9-10-25-20)34-12-11-31/h7-10,13-15,31H,4-6,11-12H2,1-3H3,(H,27,32)/t15-/m1/s1. The van der Waals surface area contributed by atoms with Crippen LogP contribution in [-0.4, -0.2) is 64.4 Å². The van der Waals surface area contributed by atoms with E-state index in [0.717, 1.165) is 36.3 Å². The molecule has 3 heterocycles. The van der Waals surface area contributed by atoms with Crippen LogP contribution in [0.2, 0.25) is 0 Å². The van der Waals surface area contributed by atoms with Gasteiger partial charge in [-0.05, 0) is 38.3 Å². The zero-order valence-corrected chi connectivity index (χ0v) is 19.5. The number of fused-ring (bicyclic) bond motifs is 1. The van der Waals surface area contributed by atoms with Crippen LogP contribution in [0.15, 0.2) is 36.7 Å². The van der Waals surface area contributed by atoms with Crippen LogP contribution in [0, 0.1) is 0 Å². The van der Waals surface area contributed by atoms with Crippen LogP contribution in [0.5, 0.6) is 11.6 Å². The average molecular weight is 465 g/mol. The Bertz CT molecular complexity index is 1150. The third-order valence-electron chi connectivity index (χ3n) is 5.74. The van der Waals surface area contributed by atoms with Gasteiger partial charge in [-0.2, -0.15) is 0 Å². The zero-order chi connectivity index (χ0) is 24.1. The van der Waals surface area contributed by atoms with Crippen molar-refractivity contribution in [2.75, 3.05) is 37.6 Å². The van der Waals surface area contributed by atoms with E-state index in [1.807, 2.05) is 18.9 Å². The van der Waals surface area contributed by atoms with Gasteiger partial charge in [0.25, 0.3) is 0 Å². The number of pyridine rings is 2. The molecule has 3 aromatic heterocycles. The van der Waals surface area contributed by atoms with Gasteiger partial charge in [0, 0.05) is 36.6 Å². The number of carbonyl (C=O) groups excluding carboxylic acids is 1. The Kier molecular flexibility index (Phi) is 7.17. The molecule has 10 heteroatoms.